The summed E-state index contributed by atoms with van der Waals surface area (Å²) < 4.78 is 13.3. The maximum atomic E-state index is 13.3. The minimum atomic E-state index is -0.743. The molecule has 110 valence electrons. The van der Waals surface area contributed by atoms with Crippen LogP contribution in [0, 0.1) is 11.2 Å². The van der Waals surface area contributed by atoms with Crippen molar-refractivity contribution >= 4 is 11.6 Å². The minimum Gasteiger partial charge on any atom is -0.389 e. The number of benzene rings is 1. The summed E-state index contributed by atoms with van der Waals surface area (Å²) in [7, 11) is 1.63. The summed E-state index contributed by atoms with van der Waals surface area (Å²) in [6, 6.07) is 4.42. The van der Waals surface area contributed by atoms with Crippen molar-refractivity contribution in [3.63, 3.8) is 0 Å². The summed E-state index contributed by atoms with van der Waals surface area (Å²) >= 11 is 0. The molecule has 1 aliphatic rings. The van der Waals surface area contributed by atoms with E-state index in [1.54, 1.807) is 20.0 Å². The van der Waals surface area contributed by atoms with Gasteiger partial charge in [0.15, 0.2) is 0 Å². The molecule has 1 aromatic rings. The fourth-order valence-electron chi connectivity index (χ4n) is 2.80. The first-order valence-corrected chi connectivity index (χ1v) is 6.82. The lowest BCUT2D eigenvalue weighted by Gasteiger charge is -2.26. The molecular formula is C15H21FN2O2. The Labute approximate surface area is 118 Å². The lowest BCUT2D eigenvalue weighted by molar-refractivity contribution is -0.128. The third kappa shape index (κ3) is 2.63. The molecule has 0 spiro atoms. The minimum absolute atomic E-state index is 0.0145. The SMILES string of the molecule is CNC(=O)C1(C)CCN(c2ccc(F)cc2[C@H](C)O)C1. The number of nitrogens with one attached hydrogen (secondary N) is 1. The van der Waals surface area contributed by atoms with E-state index >= 15 is 0 Å². The van der Waals surface area contributed by atoms with Gasteiger partial charge in [-0.25, -0.2) is 4.39 Å². The van der Waals surface area contributed by atoms with Crippen molar-refractivity contribution in [3.05, 3.63) is 29.6 Å². The van der Waals surface area contributed by atoms with Crippen molar-refractivity contribution in [1.82, 2.24) is 5.32 Å². The summed E-state index contributed by atoms with van der Waals surface area (Å²) in [6.07, 6.45) is -0.00362. The van der Waals surface area contributed by atoms with Crippen LogP contribution >= 0.6 is 0 Å². The molecule has 0 bridgehead atoms. The molecule has 0 aliphatic carbocycles. The molecule has 20 heavy (non-hydrogen) atoms. The van der Waals surface area contributed by atoms with Crippen molar-refractivity contribution in [2.45, 2.75) is 26.4 Å². The molecule has 0 saturated carbocycles. The Morgan fingerprint density at radius 2 is 2.25 bits per heavy atom. The molecule has 1 aromatic carbocycles. The smallest absolute Gasteiger partial charge is 0.227 e. The third-order valence-corrected chi connectivity index (χ3v) is 4.03. The van der Waals surface area contributed by atoms with Crippen LogP contribution in [0.3, 0.4) is 0 Å². The van der Waals surface area contributed by atoms with Crippen LogP contribution in [-0.2, 0) is 4.79 Å². The number of carbonyl (C=O) groups excluding carboxylic acids is 1. The Morgan fingerprint density at radius 3 is 2.85 bits per heavy atom. The zero-order chi connectivity index (χ0) is 14.9. The summed E-state index contributed by atoms with van der Waals surface area (Å²) in [5.74, 6) is -0.349. The van der Waals surface area contributed by atoms with Crippen LogP contribution in [0.4, 0.5) is 10.1 Å². The van der Waals surface area contributed by atoms with Gasteiger partial charge in [0.2, 0.25) is 5.91 Å². The number of halogens is 1. The summed E-state index contributed by atoms with van der Waals surface area (Å²) in [6.45, 7) is 4.83. The number of hydrogen-bond acceptors (Lipinski definition) is 3. The summed E-state index contributed by atoms with van der Waals surface area (Å²) in [4.78, 5) is 14.0. The molecule has 0 aromatic heterocycles. The number of carbonyl (C=O) groups is 1. The first kappa shape index (κ1) is 14.8. The van der Waals surface area contributed by atoms with E-state index in [0.717, 1.165) is 18.7 Å². The van der Waals surface area contributed by atoms with Crippen molar-refractivity contribution in [3.8, 4) is 0 Å². The molecule has 2 atom stereocenters. The van der Waals surface area contributed by atoms with Gasteiger partial charge in [-0.3, -0.25) is 4.79 Å². The van der Waals surface area contributed by atoms with Gasteiger partial charge in [0.05, 0.1) is 11.5 Å². The molecule has 2 rings (SSSR count). The zero-order valence-electron chi connectivity index (χ0n) is 12.1. The third-order valence-electron chi connectivity index (χ3n) is 4.03. The molecule has 2 N–H and O–H groups in total. The number of hydrogen-bond donors (Lipinski definition) is 2. The fraction of sp³-hybridized carbons (Fsp3) is 0.533. The van der Waals surface area contributed by atoms with E-state index in [1.165, 1.54) is 12.1 Å². The van der Waals surface area contributed by atoms with Gasteiger partial charge < -0.3 is 15.3 Å². The zero-order valence-corrected chi connectivity index (χ0v) is 12.1. The van der Waals surface area contributed by atoms with Gasteiger partial charge in [0.25, 0.3) is 0 Å². The predicted octanol–water partition coefficient (Wildman–Crippen LogP) is 1.84. The largest absolute Gasteiger partial charge is 0.389 e. The Balaban J connectivity index is 2.29. The van der Waals surface area contributed by atoms with Gasteiger partial charge in [0.1, 0.15) is 5.82 Å². The lowest BCUT2D eigenvalue weighted by atomic mass is 9.89. The normalized spacial score (nSPS) is 23.8. The van der Waals surface area contributed by atoms with E-state index in [2.05, 4.69) is 5.32 Å². The number of aliphatic hydroxyl groups excluding tert-OH is 1. The number of aliphatic hydroxyl groups is 1. The Hall–Kier alpha value is -1.62. The highest BCUT2D eigenvalue weighted by atomic mass is 19.1. The highest BCUT2D eigenvalue weighted by molar-refractivity contribution is 5.83. The van der Waals surface area contributed by atoms with Gasteiger partial charge in [-0.2, -0.15) is 0 Å². The number of amides is 1. The molecule has 1 saturated heterocycles. The average molecular weight is 280 g/mol. The van der Waals surface area contributed by atoms with Crippen molar-refractivity contribution in [1.29, 1.82) is 0 Å². The van der Waals surface area contributed by atoms with E-state index in [9.17, 15) is 14.3 Å². The molecule has 0 radical (unpaired) electrons. The first-order chi connectivity index (χ1) is 9.37. The molecule has 1 fully saturated rings. The van der Waals surface area contributed by atoms with Gasteiger partial charge >= 0.3 is 0 Å². The molecule has 4 nitrogen and oxygen atoms in total. The van der Waals surface area contributed by atoms with E-state index in [4.69, 9.17) is 0 Å². The molecule has 5 heteroatoms. The van der Waals surface area contributed by atoms with Crippen LogP contribution in [0.1, 0.15) is 31.9 Å². The topological polar surface area (TPSA) is 52.6 Å². The quantitative estimate of drug-likeness (QED) is 0.888. The number of nitrogens with zero attached hydrogens (tertiary/aromatic N) is 1. The molecule has 1 unspecified atom stereocenters. The maximum absolute atomic E-state index is 13.3. The maximum Gasteiger partial charge on any atom is 0.227 e. The molecule has 1 aliphatic heterocycles. The average Bonchev–Trinajstić information content (AvgIpc) is 2.81. The van der Waals surface area contributed by atoms with Crippen molar-refractivity contribution in [2.75, 3.05) is 25.0 Å². The summed E-state index contributed by atoms with van der Waals surface area (Å²) in [5.41, 5.74) is 0.916. The fourth-order valence-corrected chi connectivity index (χ4v) is 2.80. The first-order valence-electron chi connectivity index (χ1n) is 6.82. The number of anilines is 1. The van der Waals surface area contributed by atoms with Crippen LogP contribution < -0.4 is 10.2 Å². The van der Waals surface area contributed by atoms with Crippen molar-refractivity contribution in [2.24, 2.45) is 5.41 Å². The van der Waals surface area contributed by atoms with E-state index in [0.29, 0.717) is 12.1 Å². The lowest BCUT2D eigenvalue weighted by Crippen LogP contribution is -2.39. The summed E-state index contributed by atoms with van der Waals surface area (Å²) in [5, 5.41) is 12.5. The Morgan fingerprint density at radius 1 is 1.55 bits per heavy atom. The standard InChI is InChI=1S/C15H21FN2O2/c1-10(19)12-8-11(16)4-5-13(12)18-7-6-15(2,9-18)14(20)17-3/h4-5,8,10,19H,6-7,9H2,1-3H3,(H,17,20)/t10-,15?/m0/s1. The van der Waals surface area contributed by atoms with Gasteiger partial charge in [-0.1, -0.05) is 0 Å². The second kappa shape index (κ2) is 5.40. The van der Waals surface area contributed by atoms with Gasteiger partial charge in [0, 0.05) is 31.4 Å². The Bertz CT molecular complexity index is 519. The number of rotatable bonds is 3. The monoisotopic (exact) mass is 280 g/mol. The molecular weight excluding hydrogens is 259 g/mol. The predicted molar refractivity (Wildman–Crippen MR) is 76.0 cm³/mol. The van der Waals surface area contributed by atoms with Gasteiger partial charge in [-0.05, 0) is 38.5 Å². The van der Waals surface area contributed by atoms with Crippen molar-refractivity contribution < 1.29 is 14.3 Å². The highest BCUT2D eigenvalue weighted by Crippen LogP contribution is 2.36. The van der Waals surface area contributed by atoms with E-state index in [1.807, 2.05) is 11.8 Å². The van der Waals surface area contributed by atoms with E-state index < -0.39 is 11.5 Å². The van der Waals surface area contributed by atoms with Crippen LogP contribution in [0.5, 0.6) is 0 Å². The van der Waals surface area contributed by atoms with Crippen LogP contribution in [0.25, 0.3) is 0 Å². The highest BCUT2D eigenvalue weighted by Gasteiger charge is 2.40. The second-order valence-corrected chi connectivity index (χ2v) is 5.69. The van der Waals surface area contributed by atoms with Crippen LogP contribution in [0.15, 0.2) is 18.2 Å². The second-order valence-electron chi connectivity index (χ2n) is 5.69. The van der Waals surface area contributed by atoms with Crippen LogP contribution in [0.2, 0.25) is 0 Å². The van der Waals surface area contributed by atoms with E-state index in [-0.39, 0.29) is 11.7 Å². The molecule has 1 heterocycles. The molecule has 1 amide bonds. The Kier molecular flexibility index (Phi) is 3.99. The van der Waals surface area contributed by atoms with Crippen LogP contribution in [-0.4, -0.2) is 31.2 Å². The van der Waals surface area contributed by atoms with Gasteiger partial charge in [-0.15, -0.1) is 0 Å².